The number of nitrogens with one attached hydrogen (secondary N) is 1. The lowest BCUT2D eigenvalue weighted by Crippen LogP contribution is -2.50. The van der Waals surface area contributed by atoms with Crippen molar-refractivity contribution >= 4 is 11.9 Å². The summed E-state index contributed by atoms with van der Waals surface area (Å²) in [4.78, 5) is 21.6. The molecule has 1 aromatic carbocycles. The zero-order valence-electron chi connectivity index (χ0n) is 17.9. The van der Waals surface area contributed by atoms with E-state index < -0.39 is 11.6 Å². The molecular formula is C22H32F2N4O2. The Morgan fingerprint density at radius 2 is 1.87 bits per heavy atom. The highest BCUT2D eigenvalue weighted by molar-refractivity contribution is 5.82. The van der Waals surface area contributed by atoms with Crippen LogP contribution in [0.15, 0.2) is 23.2 Å². The predicted molar refractivity (Wildman–Crippen MR) is 112 cm³/mol. The van der Waals surface area contributed by atoms with Crippen LogP contribution >= 0.6 is 0 Å². The van der Waals surface area contributed by atoms with E-state index in [4.69, 9.17) is 9.73 Å². The molecule has 1 aromatic rings. The van der Waals surface area contributed by atoms with Crippen molar-refractivity contribution in [2.24, 2.45) is 10.9 Å². The normalized spacial score (nSPS) is 19.7. The number of hydrogen-bond acceptors (Lipinski definition) is 3. The molecule has 166 valence electrons. The van der Waals surface area contributed by atoms with E-state index in [2.05, 4.69) is 10.2 Å². The minimum absolute atomic E-state index is 0.0332. The van der Waals surface area contributed by atoms with E-state index in [9.17, 15) is 13.6 Å². The molecule has 1 atom stereocenters. The van der Waals surface area contributed by atoms with Crippen LogP contribution in [0.2, 0.25) is 0 Å². The summed E-state index contributed by atoms with van der Waals surface area (Å²) in [6, 6.07) is 4.01. The summed E-state index contributed by atoms with van der Waals surface area (Å²) in [5.74, 6) is -0.590. The number of hydrogen-bond donors (Lipinski definition) is 1. The lowest BCUT2D eigenvalue weighted by molar-refractivity contribution is -0.140. The summed E-state index contributed by atoms with van der Waals surface area (Å²) in [5, 5.41) is 3.32. The van der Waals surface area contributed by atoms with Gasteiger partial charge in [0.2, 0.25) is 5.91 Å². The molecular weight excluding hydrogens is 390 g/mol. The number of ether oxygens (including phenoxy) is 1. The summed E-state index contributed by atoms with van der Waals surface area (Å²) in [6.07, 6.45) is 1.61. The fraction of sp³-hybridized carbons (Fsp3) is 0.636. The molecule has 30 heavy (non-hydrogen) atoms. The maximum Gasteiger partial charge on any atom is 0.225 e. The van der Waals surface area contributed by atoms with E-state index in [0.29, 0.717) is 32.8 Å². The highest BCUT2D eigenvalue weighted by Crippen LogP contribution is 2.22. The van der Waals surface area contributed by atoms with Crippen molar-refractivity contribution in [1.82, 2.24) is 15.1 Å². The van der Waals surface area contributed by atoms with Crippen LogP contribution in [0.3, 0.4) is 0 Å². The number of carbonyl (C=O) groups excluding carboxylic acids is 1. The zero-order chi connectivity index (χ0) is 21.5. The molecule has 0 aromatic heterocycles. The first-order valence-electron chi connectivity index (χ1n) is 10.8. The minimum Gasteiger partial charge on any atom is -0.378 e. The summed E-state index contributed by atoms with van der Waals surface area (Å²) < 4.78 is 32.0. The molecule has 0 spiro atoms. The van der Waals surface area contributed by atoms with Crippen molar-refractivity contribution < 1.29 is 18.3 Å². The molecule has 0 bridgehead atoms. The van der Waals surface area contributed by atoms with Crippen LogP contribution in [0.1, 0.15) is 38.2 Å². The number of benzene rings is 1. The van der Waals surface area contributed by atoms with Gasteiger partial charge in [-0.1, -0.05) is 13.0 Å². The largest absolute Gasteiger partial charge is 0.378 e. The number of piperidine rings is 1. The third kappa shape index (κ3) is 5.68. The number of guanidine groups is 1. The molecule has 2 fully saturated rings. The zero-order valence-corrected chi connectivity index (χ0v) is 17.9. The smallest absolute Gasteiger partial charge is 0.225 e. The molecule has 2 saturated heterocycles. The third-order valence-electron chi connectivity index (χ3n) is 5.83. The number of halogens is 2. The lowest BCUT2D eigenvalue weighted by atomic mass is 9.95. The quantitative estimate of drug-likeness (QED) is 0.586. The molecule has 3 rings (SSSR count). The van der Waals surface area contributed by atoms with Gasteiger partial charge in [0.05, 0.1) is 13.2 Å². The van der Waals surface area contributed by atoms with E-state index in [1.165, 1.54) is 6.07 Å². The van der Waals surface area contributed by atoms with Crippen molar-refractivity contribution in [3.8, 4) is 0 Å². The number of carbonyl (C=O) groups is 1. The molecule has 6 nitrogen and oxygen atoms in total. The Morgan fingerprint density at radius 3 is 2.50 bits per heavy atom. The first-order valence-corrected chi connectivity index (χ1v) is 10.8. The van der Waals surface area contributed by atoms with Gasteiger partial charge in [0.15, 0.2) is 17.6 Å². The molecule has 0 aliphatic carbocycles. The number of amides is 1. The second kappa shape index (κ2) is 10.7. The Labute approximate surface area is 177 Å². The van der Waals surface area contributed by atoms with Gasteiger partial charge in [-0.25, -0.2) is 8.78 Å². The molecule has 1 N–H and O–H groups in total. The van der Waals surface area contributed by atoms with Crippen LogP contribution in [0.25, 0.3) is 0 Å². The summed E-state index contributed by atoms with van der Waals surface area (Å²) >= 11 is 0. The molecule has 1 amide bonds. The average molecular weight is 423 g/mol. The SMILES string of the molecule is CCNC(=NCC(C)c1ccc(F)c(F)c1)N1CCC(C(=O)N2CCOCC2)CC1. The average Bonchev–Trinajstić information content (AvgIpc) is 2.78. The van der Waals surface area contributed by atoms with Crippen molar-refractivity contribution in [3.63, 3.8) is 0 Å². The van der Waals surface area contributed by atoms with Gasteiger partial charge in [-0.15, -0.1) is 0 Å². The molecule has 1 unspecified atom stereocenters. The predicted octanol–water partition coefficient (Wildman–Crippen LogP) is 2.60. The number of aliphatic imine (C=N–C) groups is 1. The van der Waals surface area contributed by atoms with Gasteiger partial charge in [-0.3, -0.25) is 9.79 Å². The maximum atomic E-state index is 13.5. The van der Waals surface area contributed by atoms with E-state index in [1.54, 1.807) is 6.07 Å². The highest BCUT2D eigenvalue weighted by Gasteiger charge is 2.30. The summed E-state index contributed by atoms with van der Waals surface area (Å²) in [5.41, 5.74) is 0.725. The van der Waals surface area contributed by atoms with Gasteiger partial charge in [-0.05, 0) is 37.5 Å². The second-order valence-corrected chi connectivity index (χ2v) is 7.97. The second-order valence-electron chi connectivity index (χ2n) is 7.97. The van der Waals surface area contributed by atoms with Crippen molar-refractivity contribution in [3.05, 3.63) is 35.4 Å². The van der Waals surface area contributed by atoms with Crippen molar-refractivity contribution in [2.75, 3.05) is 52.5 Å². The molecule has 8 heteroatoms. The fourth-order valence-corrected chi connectivity index (χ4v) is 3.95. The van der Waals surface area contributed by atoms with Crippen LogP contribution in [0.5, 0.6) is 0 Å². The monoisotopic (exact) mass is 422 g/mol. The lowest BCUT2D eigenvalue weighted by Gasteiger charge is -2.36. The van der Waals surface area contributed by atoms with Crippen LogP contribution in [0.4, 0.5) is 8.78 Å². The van der Waals surface area contributed by atoms with Crippen molar-refractivity contribution in [2.45, 2.75) is 32.6 Å². The highest BCUT2D eigenvalue weighted by atomic mass is 19.2. The fourth-order valence-electron chi connectivity index (χ4n) is 3.95. The van der Waals surface area contributed by atoms with E-state index >= 15 is 0 Å². The number of nitrogens with zero attached hydrogens (tertiary/aromatic N) is 3. The van der Waals surface area contributed by atoms with Gasteiger partial charge < -0.3 is 19.9 Å². The first kappa shape index (κ1) is 22.5. The first-order chi connectivity index (χ1) is 14.5. The molecule has 0 saturated carbocycles. The van der Waals surface area contributed by atoms with Crippen LogP contribution in [-0.2, 0) is 9.53 Å². The Hall–Kier alpha value is -2.22. The van der Waals surface area contributed by atoms with Gasteiger partial charge in [0, 0.05) is 51.1 Å². The van der Waals surface area contributed by atoms with Gasteiger partial charge in [0.25, 0.3) is 0 Å². The van der Waals surface area contributed by atoms with E-state index in [-0.39, 0.29) is 17.7 Å². The van der Waals surface area contributed by atoms with E-state index in [1.807, 2.05) is 18.7 Å². The standard InChI is InChI=1S/C22H32F2N4O2/c1-3-25-22(26-15-16(2)18-4-5-19(23)20(24)14-18)28-8-6-17(7-9-28)21(29)27-10-12-30-13-11-27/h4-5,14,16-17H,3,6-13,15H2,1-2H3,(H,25,26). The Bertz CT molecular complexity index is 745. The summed E-state index contributed by atoms with van der Waals surface area (Å²) in [6.45, 7) is 9.34. The van der Waals surface area contributed by atoms with Gasteiger partial charge in [0.1, 0.15) is 0 Å². The minimum atomic E-state index is -0.836. The van der Waals surface area contributed by atoms with Crippen molar-refractivity contribution in [1.29, 1.82) is 0 Å². The third-order valence-corrected chi connectivity index (χ3v) is 5.83. The Morgan fingerprint density at radius 1 is 1.17 bits per heavy atom. The topological polar surface area (TPSA) is 57.2 Å². The number of rotatable bonds is 5. The maximum absolute atomic E-state index is 13.5. The summed E-state index contributed by atoms with van der Waals surface area (Å²) in [7, 11) is 0. The Balaban J connectivity index is 1.56. The van der Waals surface area contributed by atoms with Crippen LogP contribution in [0, 0.1) is 17.6 Å². The molecule has 2 heterocycles. The van der Waals surface area contributed by atoms with Gasteiger partial charge >= 0.3 is 0 Å². The van der Waals surface area contributed by atoms with Gasteiger partial charge in [-0.2, -0.15) is 0 Å². The molecule has 2 aliphatic rings. The number of morpholine rings is 1. The molecule has 0 radical (unpaired) electrons. The van der Waals surface area contributed by atoms with Crippen LogP contribution < -0.4 is 5.32 Å². The molecule has 2 aliphatic heterocycles. The van der Waals surface area contributed by atoms with Crippen LogP contribution in [-0.4, -0.2) is 74.1 Å². The Kier molecular flexibility index (Phi) is 8.01. The van der Waals surface area contributed by atoms with E-state index in [0.717, 1.165) is 50.1 Å². The number of likely N-dealkylation sites (tertiary alicyclic amines) is 1.